The number of amides is 2. The molecule has 1 fully saturated rings. The highest BCUT2D eigenvalue weighted by molar-refractivity contribution is 7.89. The maximum absolute atomic E-state index is 13.4. The predicted octanol–water partition coefficient (Wildman–Crippen LogP) is 3.73. The first-order chi connectivity index (χ1) is 17.4. The first kappa shape index (κ1) is 24.2. The lowest BCUT2D eigenvalue weighted by molar-refractivity contribution is -0.127. The van der Waals surface area contributed by atoms with Crippen LogP contribution in [0.5, 0.6) is 0 Å². The third-order valence-corrected chi connectivity index (χ3v) is 8.90. The van der Waals surface area contributed by atoms with Gasteiger partial charge >= 0.3 is 0 Å². The third kappa shape index (κ3) is 4.90. The highest BCUT2D eigenvalue weighted by atomic mass is 32.2. The van der Waals surface area contributed by atoms with E-state index >= 15 is 0 Å². The zero-order valence-corrected chi connectivity index (χ0v) is 21.0. The highest BCUT2D eigenvalue weighted by Crippen LogP contribution is 2.23. The van der Waals surface area contributed by atoms with Gasteiger partial charge in [0.15, 0.2) is 0 Å². The molecule has 184 valence electrons. The van der Waals surface area contributed by atoms with Gasteiger partial charge in [0.25, 0.3) is 5.91 Å². The molecule has 1 aliphatic heterocycles. The van der Waals surface area contributed by atoms with Crippen LogP contribution in [0.2, 0.25) is 0 Å². The van der Waals surface area contributed by atoms with Gasteiger partial charge in [-0.2, -0.15) is 15.6 Å². The average molecular weight is 520 g/mol. The zero-order chi connectivity index (χ0) is 25.1. The Morgan fingerprint density at radius 1 is 0.917 bits per heavy atom. The van der Waals surface area contributed by atoms with Crippen LogP contribution in [0.25, 0.3) is 10.8 Å². The third-order valence-electron chi connectivity index (χ3n) is 6.34. The lowest BCUT2D eigenvalue weighted by Gasteiger charge is -2.39. The summed E-state index contributed by atoms with van der Waals surface area (Å²) < 4.78 is 27.8. The number of hydrogen-bond donors (Lipinski definition) is 1. The number of carbonyl (C=O) groups is 2. The van der Waals surface area contributed by atoms with Gasteiger partial charge in [0.1, 0.15) is 6.04 Å². The van der Waals surface area contributed by atoms with E-state index in [4.69, 9.17) is 0 Å². The van der Waals surface area contributed by atoms with Crippen LogP contribution in [0.4, 0.5) is 0 Å². The fourth-order valence-corrected chi connectivity index (χ4v) is 6.48. The van der Waals surface area contributed by atoms with Gasteiger partial charge in [0, 0.05) is 31.6 Å². The van der Waals surface area contributed by atoms with Crippen LogP contribution in [0, 0.1) is 0 Å². The molecule has 2 amide bonds. The molecule has 1 N–H and O–H groups in total. The van der Waals surface area contributed by atoms with Crippen molar-refractivity contribution in [2.75, 3.05) is 19.6 Å². The molecule has 36 heavy (non-hydrogen) atoms. The molecule has 1 aromatic heterocycles. The Hall–Kier alpha value is -3.53. The van der Waals surface area contributed by atoms with E-state index in [1.54, 1.807) is 35.0 Å². The van der Waals surface area contributed by atoms with E-state index in [2.05, 4.69) is 5.32 Å². The zero-order valence-electron chi connectivity index (χ0n) is 19.4. The van der Waals surface area contributed by atoms with Gasteiger partial charge in [0.2, 0.25) is 15.9 Å². The maximum Gasteiger partial charge on any atom is 0.255 e. The van der Waals surface area contributed by atoms with Gasteiger partial charge in [0.05, 0.1) is 10.5 Å². The number of nitrogens with one attached hydrogen (secondary N) is 1. The number of nitrogens with zero attached hydrogens (tertiary/aromatic N) is 2. The van der Waals surface area contributed by atoms with Gasteiger partial charge < -0.3 is 10.2 Å². The summed E-state index contributed by atoms with van der Waals surface area (Å²) in [6, 6.07) is 22.8. The van der Waals surface area contributed by atoms with Crippen molar-refractivity contribution in [3.05, 3.63) is 101 Å². The van der Waals surface area contributed by atoms with E-state index in [0.29, 0.717) is 5.56 Å². The van der Waals surface area contributed by atoms with Crippen molar-refractivity contribution < 1.29 is 18.0 Å². The number of piperazine rings is 1. The number of sulfonamides is 1. The summed E-state index contributed by atoms with van der Waals surface area (Å²) >= 11 is 1.40. The molecular weight excluding hydrogens is 494 g/mol. The number of thiophene rings is 1. The topological polar surface area (TPSA) is 86.8 Å². The summed E-state index contributed by atoms with van der Waals surface area (Å²) in [5.74, 6) is -0.668. The number of fused-ring (bicyclic) bond motifs is 1. The van der Waals surface area contributed by atoms with Crippen molar-refractivity contribution in [1.82, 2.24) is 14.5 Å². The minimum atomic E-state index is -3.81. The average Bonchev–Trinajstić information content (AvgIpc) is 3.46. The minimum Gasteiger partial charge on any atom is -0.350 e. The molecule has 4 aromatic rings. The summed E-state index contributed by atoms with van der Waals surface area (Å²) in [4.78, 5) is 28.3. The van der Waals surface area contributed by atoms with Crippen LogP contribution < -0.4 is 5.32 Å². The van der Waals surface area contributed by atoms with Crippen molar-refractivity contribution in [3.8, 4) is 0 Å². The SMILES string of the molecule is O=C(NCc1ccc2ccccc2c1)C1CN(S(=O)(=O)c2ccccc2)CCN1C(=O)c1ccsc1. The van der Waals surface area contributed by atoms with E-state index in [1.165, 1.54) is 32.7 Å². The van der Waals surface area contributed by atoms with E-state index < -0.39 is 16.1 Å². The number of rotatable bonds is 6. The molecule has 1 aliphatic rings. The fourth-order valence-electron chi connectivity index (χ4n) is 4.39. The van der Waals surface area contributed by atoms with Gasteiger partial charge in [-0.3, -0.25) is 9.59 Å². The molecule has 1 saturated heterocycles. The Bertz CT molecular complexity index is 1490. The van der Waals surface area contributed by atoms with E-state index in [-0.39, 0.29) is 42.9 Å². The molecule has 1 unspecified atom stereocenters. The highest BCUT2D eigenvalue weighted by Gasteiger charge is 2.40. The molecule has 7 nitrogen and oxygen atoms in total. The smallest absolute Gasteiger partial charge is 0.255 e. The Morgan fingerprint density at radius 2 is 1.67 bits per heavy atom. The summed E-state index contributed by atoms with van der Waals surface area (Å²) in [6.07, 6.45) is 0. The van der Waals surface area contributed by atoms with Crippen LogP contribution in [0.15, 0.2) is 94.5 Å². The van der Waals surface area contributed by atoms with Gasteiger partial charge in [-0.25, -0.2) is 8.42 Å². The van der Waals surface area contributed by atoms with Crippen LogP contribution in [0.3, 0.4) is 0 Å². The second kappa shape index (κ2) is 10.2. The molecule has 2 heterocycles. The van der Waals surface area contributed by atoms with Gasteiger partial charge in [-0.15, -0.1) is 0 Å². The van der Waals surface area contributed by atoms with Crippen LogP contribution >= 0.6 is 11.3 Å². The quantitative estimate of drug-likeness (QED) is 0.421. The summed E-state index contributed by atoms with van der Waals surface area (Å²) in [5.41, 5.74) is 1.41. The molecule has 1 atom stereocenters. The molecule has 5 rings (SSSR count). The Balaban J connectivity index is 1.38. The normalized spacial score (nSPS) is 16.7. The number of hydrogen-bond acceptors (Lipinski definition) is 5. The predicted molar refractivity (Wildman–Crippen MR) is 140 cm³/mol. The monoisotopic (exact) mass is 519 g/mol. The summed E-state index contributed by atoms with van der Waals surface area (Å²) in [5, 5.41) is 8.63. The van der Waals surface area contributed by atoms with Crippen molar-refractivity contribution in [2.45, 2.75) is 17.5 Å². The van der Waals surface area contributed by atoms with E-state index in [1.807, 2.05) is 42.5 Å². The largest absolute Gasteiger partial charge is 0.350 e. The first-order valence-corrected chi connectivity index (χ1v) is 14.0. The van der Waals surface area contributed by atoms with Crippen molar-refractivity contribution in [2.24, 2.45) is 0 Å². The minimum absolute atomic E-state index is 0.113. The molecule has 0 spiro atoms. The van der Waals surface area contributed by atoms with Crippen LogP contribution in [0.1, 0.15) is 15.9 Å². The molecule has 0 bridgehead atoms. The number of benzene rings is 3. The summed E-state index contributed by atoms with van der Waals surface area (Å²) in [6.45, 7) is 0.388. The molecule has 3 aromatic carbocycles. The van der Waals surface area contributed by atoms with E-state index in [9.17, 15) is 18.0 Å². The van der Waals surface area contributed by atoms with E-state index in [0.717, 1.165) is 16.3 Å². The van der Waals surface area contributed by atoms with Crippen molar-refractivity contribution in [1.29, 1.82) is 0 Å². The second-order valence-electron chi connectivity index (χ2n) is 8.60. The number of carbonyl (C=O) groups excluding carboxylic acids is 2. The molecule has 0 radical (unpaired) electrons. The molecular formula is C27H25N3O4S2. The summed E-state index contributed by atoms with van der Waals surface area (Å²) in [7, 11) is -3.81. The second-order valence-corrected chi connectivity index (χ2v) is 11.3. The van der Waals surface area contributed by atoms with Crippen LogP contribution in [-0.4, -0.2) is 55.1 Å². The maximum atomic E-state index is 13.4. The van der Waals surface area contributed by atoms with Gasteiger partial charge in [-0.05, 0) is 46.0 Å². The lowest BCUT2D eigenvalue weighted by Crippen LogP contribution is -2.61. The van der Waals surface area contributed by atoms with Crippen molar-refractivity contribution >= 4 is 43.9 Å². The molecule has 9 heteroatoms. The Labute approximate surface area is 214 Å². The lowest BCUT2D eigenvalue weighted by atomic mass is 10.1. The standard InChI is InChI=1S/C27H25N3O4S2/c31-26(28-17-20-10-11-21-6-4-5-7-22(21)16-20)25-18-29(36(33,34)24-8-2-1-3-9-24)13-14-30(25)27(32)23-12-15-35-19-23/h1-12,15-16,19,25H,13-14,17-18H2,(H,28,31). The van der Waals surface area contributed by atoms with Gasteiger partial charge in [-0.1, -0.05) is 54.6 Å². The molecule has 0 aliphatic carbocycles. The Morgan fingerprint density at radius 3 is 2.42 bits per heavy atom. The molecule has 0 saturated carbocycles. The van der Waals surface area contributed by atoms with Crippen LogP contribution in [-0.2, 0) is 21.4 Å². The Kier molecular flexibility index (Phi) is 6.86. The van der Waals surface area contributed by atoms with Crippen molar-refractivity contribution in [3.63, 3.8) is 0 Å². The fraction of sp³-hybridized carbons (Fsp3) is 0.185. The first-order valence-electron chi connectivity index (χ1n) is 11.6.